The van der Waals surface area contributed by atoms with Crippen molar-refractivity contribution >= 4 is 17.2 Å². The Labute approximate surface area is 128 Å². The predicted molar refractivity (Wildman–Crippen MR) is 85.3 cm³/mol. The van der Waals surface area contributed by atoms with Crippen LogP contribution in [0.25, 0.3) is 0 Å². The molecule has 3 nitrogen and oxygen atoms in total. The summed E-state index contributed by atoms with van der Waals surface area (Å²) in [5.74, 6) is 5.37. The van der Waals surface area contributed by atoms with E-state index in [4.69, 9.17) is 5.11 Å². The van der Waals surface area contributed by atoms with E-state index in [0.29, 0.717) is 5.56 Å². The van der Waals surface area contributed by atoms with Gasteiger partial charge in [0.2, 0.25) is 0 Å². The molecule has 0 aliphatic heterocycles. The minimum atomic E-state index is -0.167. The van der Waals surface area contributed by atoms with E-state index in [-0.39, 0.29) is 18.6 Å². The van der Waals surface area contributed by atoms with Crippen molar-refractivity contribution in [3.05, 3.63) is 57.3 Å². The number of carbonyl (C=O) groups is 1. The Kier molecular flexibility index (Phi) is 5.15. The summed E-state index contributed by atoms with van der Waals surface area (Å²) in [5, 5.41) is 15.7. The topological polar surface area (TPSA) is 49.3 Å². The van der Waals surface area contributed by atoms with Gasteiger partial charge in [0.15, 0.2) is 0 Å². The molecule has 0 saturated heterocycles. The minimum Gasteiger partial charge on any atom is -0.384 e. The highest BCUT2D eigenvalue weighted by Crippen LogP contribution is 2.17. The first kappa shape index (κ1) is 15.3. The van der Waals surface area contributed by atoms with Crippen LogP contribution >= 0.6 is 11.3 Å². The average Bonchev–Trinajstić information content (AvgIpc) is 3.00. The second-order valence-electron chi connectivity index (χ2n) is 4.74. The summed E-state index contributed by atoms with van der Waals surface area (Å²) in [6.45, 7) is 3.70. The second-order valence-corrected chi connectivity index (χ2v) is 5.52. The number of nitrogens with one attached hydrogen (secondary N) is 1. The van der Waals surface area contributed by atoms with E-state index in [1.807, 2.05) is 42.8 Å². The average molecular weight is 299 g/mol. The van der Waals surface area contributed by atoms with Gasteiger partial charge in [-0.2, -0.15) is 11.3 Å². The number of aryl methyl sites for hydroxylation is 1. The highest BCUT2D eigenvalue weighted by Gasteiger charge is 2.12. The van der Waals surface area contributed by atoms with Gasteiger partial charge in [-0.25, -0.2) is 0 Å². The Morgan fingerprint density at radius 3 is 2.86 bits per heavy atom. The highest BCUT2D eigenvalue weighted by molar-refractivity contribution is 7.07. The fourth-order valence-electron chi connectivity index (χ4n) is 1.96. The van der Waals surface area contributed by atoms with Crippen LogP contribution < -0.4 is 5.32 Å². The van der Waals surface area contributed by atoms with Gasteiger partial charge in [0, 0.05) is 11.1 Å². The predicted octanol–water partition coefficient (Wildman–Crippen LogP) is 2.89. The molecule has 4 heteroatoms. The molecular formula is C17H17NO2S. The smallest absolute Gasteiger partial charge is 0.251 e. The number of hydrogen-bond donors (Lipinski definition) is 2. The Balaban J connectivity index is 2.11. The summed E-state index contributed by atoms with van der Waals surface area (Å²) < 4.78 is 0. The van der Waals surface area contributed by atoms with Crippen molar-refractivity contribution in [2.75, 3.05) is 6.61 Å². The van der Waals surface area contributed by atoms with Gasteiger partial charge < -0.3 is 10.4 Å². The van der Waals surface area contributed by atoms with Crippen LogP contribution in [0.15, 0.2) is 35.0 Å². The van der Waals surface area contributed by atoms with Gasteiger partial charge in [-0.1, -0.05) is 11.8 Å². The van der Waals surface area contributed by atoms with E-state index in [1.165, 1.54) is 0 Å². The van der Waals surface area contributed by atoms with Crippen molar-refractivity contribution in [1.82, 2.24) is 5.32 Å². The van der Waals surface area contributed by atoms with Crippen molar-refractivity contribution < 1.29 is 9.90 Å². The molecule has 1 unspecified atom stereocenters. The quantitative estimate of drug-likeness (QED) is 0.856. The van der Waals surface area contributed by atoms with Gasteiger partial charge in [-0.05, 0) is 60.0 Å². The normalized spacial score (nSPS) is 11.4. The third-order valence-corrected chi connectivity index (χ3v) is 3.88. The molecule has 108 valence electrons. The minimum absolute atomic E-state index is 0.0158. The molecule has 1 heterocycles. The number of aliphatic hydroxyl groups is 1. The Morgan fingerprint density at radius 1 is 1.43 bits per heavy atom. The summed E-state index contributed by atoms with van der Waals surface area (Å²) in [6, 6.07) is 7.37. The number of aliphatic hydroxyl groups excluding tert-OH is 1. The summed E-state index contributed by atoms with van der Waals surface area (Å²) in [5.41, 5.74) is 3.47. The Hall–Kier alpha value is -2.09. The van der Waals surface area contributed by atoms with Crippen molar-refractivity contribution in [2.45, 2.75) is 19.9 Å². The standard InChI is InChI=1S/C17H17NO2S/c1-12-10-15(6-5-14(12)4-3-8-19)17(20)18-13(2)16-7-9-21-11-16/h5-7,9-11,13,19H,8H2,1-2H3,(H,18,20). The molecule has 1 atom stereocenters. The van der Waals surface area contributed by atoms with Crippen LogP contribution in [0.3, 0.4) is 0 Å². The molecule has 1 amide bonds. The Morgan fingerprint density at radius 2 is 2.24 bits per heavy atom. The maximum atomic E-state index is 12.2. The van der Waals surface area contributed by atoms with Crippen LogP contribution in [0.5, 0.6) is 0 Å². The number of rotatable bonds is 3. The lowest BCUT2D eigenvalue weighted by atomic mass is 10.0. The van der Waals surface area contributed by atoms with Gasteiger partial charge in [0.1, 0.15) is 6.61 Å². The van der Waals surface area contributed by atoms with Gasteiger partial charge >= 0.3 is 0 Å². The van der Waals surface area contributed by atoms with Crippen LogP contribution in [-0.4, -0.2) is 17.6 Å². The number of benzene rings is 1. The van der Waals surface area contributed by atoms with E-state index in [1.54, 1.807) is 17.4 Å². The van der Waals surface area contributed by atoms with Crippen LogP contribution in [0.2, 0.25) is 0 Å². The second kappa shape index (κ2) is 7.07. The molecule has 0 bridgehead atoms. The van der Waals surface area contributed by atoms with Gasteiger partial charge in [0.05, 0.1) is 6.04 Å². The number of hydrogen-bond acceptors (Lipinski definition) is 3. The van der Waals surface area contributed by atoms with E-state index < -0.39 is 0 Å². The third kappa shape index (κ3) is 3.94. The molecule has 0 aliphatic rings. The zero-order valence-corrected chi connectivity index (χ0v) is 12.8. The zero-order chi connectivity index (χ0) is 15.2. The molecule has 21 heavy (non-hydrogen) atoms. The largest absolute Gasteiger partial charge is 0.384 e. The SMILES string of the molecule is Cc1cc(C(=O)NC(C)c2ccsc2)ccc1C#CCO. The third-order valence-electron chi connectivity index (χ3n) is 3.18. The van der Waals surface area contributed by atoms with Crippen LogP contribution in [0.4, 0.5) is 0 Å². The van der Waals surface area contributed by atoms with E-state index in [2.05, 4.69) is 17.2 Å². The molecule has 2 rings (SSSR count). The molecule has 2 N–H and O–H groups in total. The van der Waals surface area contributed by atoms with Crippen LogP contribution in [0, 0.1) is 18.8 Å². The first-order valence-electron chi connectivity index (χ1n) is 6.65. The van der Waals surface area contributed by atoms with Crippen LogP contribution in [0.1, 0.15) is 40.0 Å². The van der Waals surface area contributed by atoms with Gasteiger partial charge in [0.25, 0.3) is 5.91 Å². The summed E-state index contributed by atoms with van der Waals surface area (Å²) in [6.07, 6.45) is 0. The molecule has 1 aromatic carbocycles. The van der Waals surface area contributed by atoms with E-state index >= 15 is 0 Å². The van der Waals surface area contributed by atoms with E-state index in [0.717, 1.165) is 16.7 Å². The molecule has 0 spiro atoms. The van der Waals surface area contributed by atoms with Crippen molar-refractivity contribution in [3.63, 3.8) is 0 Å². The molecule has 0 fully saturated rings. The zero-order valence-electron chi connectivity index (χ0n) is 12.0. The van der Waals surface area contributed by atoms with Crippen molar-refractivity contribution in [1.29, 1.82) is 0 Å². The Bertz CT molecular complexity index is 681. The number of amides is 1. The summed E-state index contributed by atoms with van der Waals surface area (Å²) in [7, 11) is 0. The highest BCUT2D eigenvalue weighted by atomic mass is 32.1. The van der Waals surface area contributed by atoms with Gasteiger partial charge in [-0.15, -0.1) is 0 Å². The lowest BCUT2D eigenvalue weighted by Gasteiger charge is -2.13. The van der Waals surface area contributed by atoms with Gasteiger partial charge in [-0.3, -0.25) is 4.79 Å². The molecule has 0 aliphatic carbocycles. The van der Waals surface area contributed by atoms with Crippen LogP contribution in [-0.2, 0) is 0 Å². The summed E-state index contributed by atoms with van der Waals surface area (Å²) in [4.78, 5) is 12.2. The van der Waals surface area contributed by atoms with E-state index in [9.17, 15) is 4.79 Å². The maximum Gasteiger partial charge on any atom is 0.251 e. The summed E-state index contributed by atoms with van der Waals surface area (Å²) >= 11 is 1.62. The number of carbonyl (C=O) groups excluding carboxylic acids is 1. The first-order valence-corrected chi connectivity index (χ1v) is 7.59. The lowest BCUT2D eigenvalue weighted by Crippen LogP contribution is -2.26. The molecule has 1 aromatic heterocycles. The molecule has 2 aromatic rings. The number of thiophene rings is 1. The maximum absolute atomic E-state index is 12.2. The first-order chi connectivity index (χ1) is 10.1. The lowest BCUT2D eigenvalue weighted by molar-refractivity contribution is 0.0940. The van der Waals surface area contributed by atoms with Crippen molar-refractivity contribution in [2.24, 2.45) is 0 Å². The fraction of sp³-hybridized carbons (Fsp3) is 0.235. The fourth-order valence-corrected chi connectivity index (χ4v) is 2.72. The monoisotopic (exact) mass is 299 g/mol. The molecule has 0 radical (unpaired) electrons. The van der Waals surface area contributed by atoms with Crippen molar-refractivity contribution in [3.8, 4) is 11.8 Å². The molecular weight excluding hydrogens is 282 g/mol. The molecule has 0 saturated carbocycles.